The number of carbonyl (C=O) groups is 1. The number of piperazine rings is 1. The molecule has 2 atom stereocenters. The molecule has 1 saturated heterocycles. The van der Waals surface area contributed by atoms with Gasteiger partial charge in [0.15, 0.2) is 0 Å². The fraction of sp³-hybridized carbons (Fsp3) is 0.483. The summed E-state index contributed by atoms with van der Waals surface area (Å²) in [4.78, 5) is 13.0. The highest BCUT2D eigenvalue weighted by atomic mass is 35.5. The molecule has 1 amide bonds. The molecule has 1 aromatic heterocycles. The SMILES string of the molecule is CC(C)(C)CNCc1ccc2c(c1)CCC[C@@H]2n1cc(C[C@@H]2C(=O)NCCN2S(=O)(=O)c2ccc(Cl)cc2)nn1. The summed E-state index contributed by atoms with van der Waals surface area (Å²) in [5.41, 5.74) is 4.65. The molecule has 5 rings (SSSR count). The molecule has 0 unspecified atom stereocenters. The van der Waals surface area contributed by atoms with Crippen molar-refractivity contribution in [3.8, 4) is 0 Å². The number of aryl methyl sites for hydroxylation is 1. The van der Waals surface area contributed by atoms with E-state index in [0.29, 0.717) is 10.7 Å². The van der Waals surface area contributed by atoms with Crippen LogP contribution in [0.15, 0.2) is 53.6 Å². The normalized spacial score (nSPS) is 20.2. The lowest BCUT2D eigenvalue weighted by Crippen LogP contribution is -2.57. The van der Waals surface area contributed by atoms with Crippen molar-refractivity contribution in [3.63, 3.8) is 0 Å². The van der Waals surface area contributed by atoms with Gasteiger partial charge >= 0.3 is 0 Å². The van der Waals surface area contributed by atoms with Gasteiger partial charge in [0.05, 0.1) is 16.6 Å². The largest absolute Gasteiger partial charge is 0.353 e. The Hall–Kier alpha value is -2.79. The van der Waals surface area contributed by atoms with Crippen LogP contribution in [0.5, 0.6) is 0 Å². The van der Waals surface area contributed by atoms with Crippen LogP contribution in [-0.2, 0) is 34.2 Å². The number of aromatic nitrogens is 3. The summed E-state index contributed by atoms with van der Waals surface area (Å²) in [5.74, 6) is -0.339. The van der Waals surface area contributed by atoms with Gasteiger partial charge in [0, 0.05) is 43.8 Å². The van der Waals surface area contributed by atoms with Crippen LogP contribution in [0.3, 0.4) is 0 Å². The number of benzene rings is 2. The Morgan fingerprint density at radius 2 is 1.93 bits per heavy atom. The highest BCUT2D eigenvalue weighted by molar-refractivity contribution is 7.89. The second-order valence-electron chi connectivity index (χ2n) is 11.9. The molecular formula is C29H37ClN6O3S. The number of carbonyl (C=O) groups excluding carboxylic acids is 1. The van der Waals surface area contributed by atoms with Crippen molar-refractivity contribution in [2.24, 2.45) is 5.41 Å². The smallest absolute Gasteiger partial charge is 0.243 e. The van der Waals surface area contributed by atoms with Gasteiger partial charge < -0.3 is 10.6 Å². The number of hydrogen-bond donors (Lipinski definition) is 2. The van der Waals surface area contributed by atoms with E-state index in [-0.39, 0.29) is 41.8 Å². The predicted molar refractivity (Wildman–Crippen MR) is 155 cm³/mol. The Morgan fingerprint density at radius 3 is 2.67 bits per heavy atom. The minimum Gasteiger partial charge on any atom is -0.353 e. The summed E-state index contributed by atoms with van der Waals surface area (Å²) in [6.07, 6.45) is 5.01. The quantitative estimate of drug-likeness (QED) is 0.418. The minimum atomic E-state index is -3.90. The first kappa shape index (κ1) is 28.7. The average Bonchev–Trinajstić information content (AvgIpc) is 3.37. The molecule has 40 heavy (non-hydrogen) atoms. The van der Waals surface area contributed by atoms with Gasteiger partial charge in [-0.3, -0.25) is 4.79 Å². The van der Waals surface area contributed by atoms with Gasteiger partial charge in [-0.05, 0) is 65.6 Å². The number of sulfonamides is 1. The lowest BCUT2D eigenvalue weighted by molar-refractivity contribution is -0.126. The zero-order chi connectivity index (χ0) is 28.5. The van der Waals surface area contributed by atoms with Crippen molar-refractivity contribution < 1.29 is 13.2 Å². The molecule has 11 heteroatoms. The van der Waals surface area contributed by atoms with Crippen LogP contribution in [0.2, 0.25) is 5.02 Å². The highest BCUT2D eigenvalue weighted by Gasteiger charge is 2.39. The molecule has 1 aliphatic carbocycles. The fourth-order valence-corrected chi connectivity index (χ4v) is 7.20. The Labute approximate surface area is 241 Å². The van der Waals surface area contributed by atoms with Gasteiger partial charge in [-0.2, -0.15) is 4.31 Å². The molecule has 0 saturated carbocycles. The maximum absolute atomic E-state index is 13.4. The van der Waals surface area contributed by atoms with Gasteiger partial charge in [0.25, 0.3) is 0 Å². The molecule has 0 spiro atoms. The van der Waals surface area contributed by atoms with Crippen molar-refractivity contribution in [1.82, 2.24) is 29.9 Å². The molecule has 0 bridgehead atoms. The molecule has 2 heterocycles. The molecule has 2 aliphatic rings. The summed E-state index contributed by atoms with van der Waals surface area (Å²) in [7, 11) is -3.90. The molecule has 2 N–H and O–H groups in total. The number of hydrogen-bond acceptors (Lipinski definition) is 6. The third-order valence-electron chi connectivity index (χ3n) is 7.46. The van der Waals surface area contributed by atoms with Gasteiger partial charge in [-0.25, -0.2) is 13.1 Å². The minimum absolute atomic E-state index is 0.0515. The highest BCUT2D eigenvalue weighted by Crippen LogP contribution is 2.33. The van der Waals surface area contributed by atoms with Gasteiger partial charge in [0.1, 0.15) is 6.04 Å². The third-order valence-corrected chi connectivity index (χ3v) is 9.63. The van der Waals surface area contributed by atoms with Crippen molar-refractivity contribution >= 4 is 27.5 Å². The Morgan fingerprint density at radius 1 is 1.15 bits per heavy atom. The van der Waals surface area contributed by atoms with E-state index >= 15 is 0 Å². The molecule has 214 valence electrons. The first-order valence-corrected chi connectivity index (χ1v) is 15.6. The monoisotopic (exact) mass is 584 g/mol. The Kier molecular flexibility index (Phi) is 8.33. The lowest BCUT2D eigenvalue weighted by atomic mass is 9.86. The van der Waals surface area contributed by atoms with Crippen LogP contribution in [0.4, 0.5) is 0 Å². The summed E-state index contributed by atoms with van der Waals surface area (Å²) in [5, 5.41) is 15.6. The number of rotatable bonds is 8. The Bertz CT molecular complexity index is 1470. The van der Waals surface area contributed by atoms with Gasteiger partial charge in [0.2, 0.25) is 15.9 Å². The second-order valence-corrected chi connectivity index (χ2v) is 14.2. The second kappa shape index (κ2) is 11.6. The van der Waals surface area contributed by atoms with E-state index in [0.717, 1.165) is 32.4 Å². The van der Waals surface area contributed by atoms with Crippen molar-refractivity contribution in [2.75, 3.05) is 19.6 Å². The van der Waals surface area contributed by atoms with Crippen LogP contribution < -0.4 is 10.6 Å². The zero-order valence-electron chi connectivity index (χ0n) is 23.2. The lowest BCUT2D eigenvalue weighted by Gasteiger charge is -2.33. The standard InChI is InChI=1S/C29H37ClN6O3S/c1-29(2,3)19-31-17-20-7-12-25-21(15-20)5-4-6-26(25)35-18-23(33-34-35)16-27-28(37)32-13-14-36(27)40(38,39)24-10-8-22(30)9-11-24/h7-12,15,18,26-27,31H,4-6,13-14,16-17,19H2,1-3H3,(H,32,37)/t26-,27+/m0/s1. The number of amides is 1. The van der Waals surface area contributed by atoms with E-state index in [1.54, 1.807) is 0 Å². The number of nitrogens with zero attached hydrogens (tertiary/aromatic N) is 4. The molecule has 0 radical (unpaired) electrons. The maximum Gasteiger partial charge on any atom is 0.243 e. The van der Waals surface area contributed by atoms with E-state index < -0.39 is 16.1 Å². The average molecular weight is 585 g/mol. The van der Waals surface area contributed by atoms with Crippen LogP contribution in [-0.4, -0.2) is 59.3 Å². The van der Waals surface area contributed by atoms with Crippen LogP contribution in [0, 0.1) is 5.41 Å². The summed E-state index contributed by atoms with van der Waals surface area (Å²) < 4.78 is 30.0. The number of nitrogens with one attached hydrogen (secondary N) is 2. The molecular weight excluding hydrogens is 548 g/mol. The summed E-state index contributed by atoms with van der Waals surface area (Å²) >= 11 is 5.95. The van der Waals surface area contributed by atoms with Crippen LogP contribution in [0.1, 0.15) is 62.0 Å². The Balaban J connectivity index is 1.32. The summed E-state index contributed by atoms with van der Waals surface area (Å²) in [6, 6.07) is 11.8. The van der Waals surface area contributed by atoms with Crippen molar-refractivity contribution in [2.45, 2.75) is 70.0 Å². The topological polar surface area (TPSA) is 109 Å². The van der Waals surface area contributed by atoms with Crippen molar-refractivity contribution in [1.29, 1.82) is 0 Å². The van der Waals surface area contributed by atoms with Crippen LogP contribution >= 0.6 is 11.6 Å². The first-order chi connectivity index (χ1) is 19.0. The van der Waals surface area contributed by atoms with E-state index in [9.17, 15) is 13.2 Å². The van der Waals surface area contributed by atoms with Gasteiger partial charge in [-0.15, -0.1) is 5.10 Å². The van der Waals surface area contributed by atoms with E-state index in [1.165, 1.54) is 45.3 Å². The molecule has 9 nitrogen and oxygen atoms in total. The number of fused-ring (bicyclic) bond motifs is 1. The number of halogens is 1. The molecule has 1 aliphatic heterocycles. The molecule has 2 aromatic carbocycles. The predicted octanol–water partition coefficient (Wildman–Crippen LogP) is 3.72. The van der Waals surface area contributed by atoms with Crippen molar-refractivity contribution in [3.05, 3.63) is 76.1 Å². The van der Waals surface area contributed by atoms with Gasteiger partial charge in [-0.1, -0.05) is 55.8 Å². The molecule has 1 fully saturated rings. The summed E-state index contributed by atoms with van der Waals surface area (Å²) in [6.45, 7) is 8.88. The third kappa shape index (κ3) is 6.40. The van der Waals surface area contributed by atoms with E-state index in [1.807, 2.05) is 10.9 Å². The maximum atomic E-state index is 13.4. The van der Waals surface area contributed by atoms with E-state index in [2.05, 4.69) is 59.9 Å². The van der Waals surface area contributed by atoms with E-state index in [4.69, 9.17) is 11.6 Å². The molecule has 3 aromatic rings. The van der Waals surface area contributed by atoms with Crippen LogP contribution in [0.25, 0.3) is 0 Å². The fourth-order valence-electron chi connectivity index (χ4n) is 5.48. The first-order valence-electron chi connectivity index (χ1n) is 13.8. The zero-order valence-corrected chi connectivity index (χ0v) is 24.8.